The number of morpholine rings is 1. The van der Waals surface area contributed by atoms with E-state index >= 15 is 0 Å². The highest BCUT2D eigenvalue weighted by Gasteiger charge is 2.26. The van der Waals surface area contributed by atoms with E-state index in [1.165, 1.54) is 16.4 Å². The number of aryl methyl sites for hydroxylation is 1. The number of sulfonamides is 1. The van der Waals surface area contributed by atoms with Gasteiger partial charge in [-0.05, 0) is 42.3 Å². The van der Waals surface area contributed by atoms with E-state index < -0.39 is 15.9 Å². The molecule has 0 aliphatic carbocycles. The van der Waals surface area contributed by atoms with Crippen molar-refractivity contribution in [3.05, 3.63) is 59.2 Å². The molecular weight excluding hydrogens is 422 g/mol. The van der Waals surface area contributed by atoms with Gasteiger partial charge in [0.1, 0.15) is 5.75 Å². The molecule has 9 nitrogen and oxygen atoms in total. The monoisotopic (exact) mass is 447 g/mol. The summed E-state index contributed by atoms with van der Waals surface area (Å²) >= 11 is 0. The van der Waals surface area contributed by atoms with Gasteiger partial charge in [0.2, 0.25) is 10.0 Å². The van der Waals surface area contributed by atoms with Gasteiger partial charge >= 0.3 is 0 Å². The van der Waals surface area contributed by atoms with Gasteiger partial charge in [-0.15, -0.1) is 0 Å². The summed E-state index contributed by atoms with van der Waals surface area (Å²) in [6.45, 7) is 3.19. The summed E-state index contributed by atoms with van der Waals surface area (Å²) in [6.07, 6.45) is 0. The van der Waals surface area contributed by atoms with Crippen molar-refractivity contribution in [2.24, 2.45) is 5.73 Å². The molecule has 166 valence electrons. The number of carbonyl (C=O) groups excluding carboxylic acids is 2. The van der Waals surface area contributed by atoms with Gasteiger partial charge in [0, 0.05) is 19.6 Å². The molecule has 0 spiro atoms. The van der Waals surface area contributed by atoms with Gasteiger partial charge in [-0.2, -0.15) is 4.31 Å². The molecule has 3 rings (SSSR count). The number of nitrogens with zero attached hydrogens (tertiary/aromatic N) is 1. The average molecular weight is 448 g/mol. The molecule has 0 bridgehead atoms. The van der Waals surface area contributed by atoms with Crippen LogP contribution >= 0.6 is 0 Å². The van der Waals surface area contributed by atoms with Crippen LogP contribution in [0.3, 0.4) is 0 Å². The summed E-state index contributed by atoms with van der Waals surface area (Å²) in [5.41, 5.74) is 7.14. The Morgan fingerprint density at radius 2 is 1.81 bits per heavy atom. The first-order valence-corrected chi connectivity index (χ1v) is 11.2. The lowest BCUT2D eigenvalue weighted by Gasteiger charge is -2.26. The molecule has 1 heterocycles. The van der Waals surface area contributed by atoms with Crippen LogP contribution in [0.15, 0.2) is 47.4 Å². The van der Waals surface area contributed by atoms with Crippen LogP contribution in [0.25, 0.3) is 0 Å². The summed E-state index contributed by atoms with van der Waals surface area (Å²) < 4.78 is 37.3. The lowest BCUT2D eigenvalue weighted by atomic mass is 10.1. The summed E-state index contributed by atoms with van der Waals surface area (Å²) in [5, 5.41) is 2.70. The molecule has 1 fully saturated rings. The number of nitrogens with two attached hydrogens (primary N) is 1. The number of nitrogens with one attached hydrogen (secondary N) is 1. The van der Waals surface area contributed by atoms with Crippen molar-refractivity contribution in [2.75, 3.05) is 32.9 Å². The van der Waals surface area contributed by atoms with Crippen molar-refractivity contribution in [3.8, 4) is 5.75 Å². The number of hydrogen-bond acceptors (Lipinski definition) is 6. The topological polar surface area (TPSA) is 128 Å². The Labute approximate surface area is 181 Å². The first-order valence-electron chi connectivity index (χ1n) is 9.74. The molecule has 1 saturated heterocycles. The standard InChI is InChI=1S/C21H25N3O6S/c1-15-2-7-18(21(22)26)19(12-15)30-14-20(25)23-13-16-3-5-17(6-4-16)31(27,28)24-8-10-29-11-9-24/h2-7,12H,8-11,13-14H2,1H3,(H2,22,26)(H,23,25). The normalized spacial score (nSPS) is 14.7. The van der Waals surface area contributed by atoms with E-state index in [1.54, 1.807) is 30.3 Å². The number of ether oxygens (including phenoxy) is 2. The quantitative estimate of drug-likeness (QED) is 0.616. The zero-order valence-corrected chi connectivity index (χ0v) is 18.0. The van der Waals surface area contributed by atoms with Crippen LogP contribution in [0.2, 0.25) is 0 Å². The molecule has 31 heavy (non-hydrogen) atoms. The number of primary amides is 1. The van der Waals surface area contributed by atoms with Crippen molar-refractivity contribution in [1.82, 2.24) is 9.62 Å². The predicted octanol–water partition coefficient (Wildman–Crippen LogP) is 0.810. The fourth-order valence-corrected chi connectivity index (χ4v) is 4.47. The third kappa shape index (κ3) is 5.81. The number of carbonyl (C=O) groups is 2. The van der Waals surface area contributed by atoms with E-state index in [0.29, 0.717) is 26.3 Å². The zero-order chi connectivity index (χ0) is 22.4. The van der Waals surface area contributed by atoms with Crippen LogP contribution in [-0.2, 0) is 26.1 Å². The summed E-state index contributed by atoms with van der Waals surface area (Å²) in [7, 11) is -3.56. The second-order valence-corrected chi connectivity index (χ2v) is 9.03. The Morgan fingerprint density at radius 3 is 2.45 bits per heavy atom. The van der Waals surface area contributed by atoms with Gasteiger partial charge in [0.25, 0.3) is 11.8 Å². The first-order chi connectivity index (χ1) is 14.8. The zero-order valence-electron chi connectivity index (χ0n) is 17.2. The van der Waals surface area contributed by atoms with Crippen LogP contribution in [0, 0.1) is 6.92 Å². The molecule has 1 aliphatic rings. The number of hydrogen-bond donors (Lipinski definition) is 2. The maximum atomic E-state index is 12.6. The van der Waals surface area contributed by atoms with E-state index in [-0.39, 0.29) is 35.3 Å². The minimum atomic E-state index is -3.56. The highest BCUT2D eigenvalue weighted by Crippen LogP contribution is 2.20. The Bertz CT molecular complexity index is 1050. The van der Waals surface area contributed by atoms with Crippen molar-refractivity contribution in [1.29, 1.82) is 0 Å². The molecule has 1 aliphatic heterocycles. The van der Waals surface area contributed by atoms with E-state index in [2.05, 4.69) is 5.32 Å². The third-order valence-corrected chi connectivity index (χ3v) is 6.70. The predicted molar refractivity (Wildman–Crippen MR) is 113 cm³/mol. The molecule has 3 N–H and O–H groups in total. The van der Waals surface area contributed by atoms with Crippen LogP contribution < -0.4 is 15.8 Å². The SMILES string of the molecule is Cc1ccc(C(N)=O)c(OCC(=O)NCc2ccc(S(=O)(=O)N3CCOCC3)cc2)c1. The highest BCUT2D eigenvalue weighted by atomic mass is 32.2. The maximum absolute atomic E-state index is 12.6. The van der Waals surface area contributed by atoms with Gasteiger partial charge in [-0.1, -0.05) is 18.2 Å². The molecule has 0 unspecified atom stereocenters. The molecule has 0 aromatic heterocycles. The fraction of sp³-hybridized carbons (Fsp3) is 0.333. The van der Waals surface area contributed by atoms with Gasteiger partial charge in [-0.3, -0.25) is 9.59 Å². The molecular formula is C21H25N3O6S. The second kappa shape index (κ2) is 9.90. The summed E-state index contributed by atoms with van der Waals surface area (Å²) in [6, 6.07) is 11.3. The number of rotatable bonds is 8. The Hall–Kier alpha value is -2.95. The Kier molecular flexibility index (Phi) is 7.26. The molecule has 2 aromatic rings. The van der Waals surface area contributed by atoms with Gasteiger partial charge in [0.05, 0.1) is 23.7 Å². The second-order valence-electron chi connectivity index (χ2n) is 7.09. The molecule has 0 saturated carbocycles. The van der Waals surface area contributed by atoms with E-state index in [9.17, 15) is 18.0 Å². The number of benzene rings is 2. The minimum absolute atomic E-state index is 0.200. The van der Waals surface area contributed by atoms with Crippen molar-refractivity contribution in [2.45, 2.75) is 18.4 Å². The van der Waals surface area contributed by atoms with Crippen molar-refractivity contribution in [3.63, 3.8) is 0 Å². The van der Waals surface area contributed by atoms with Gasteiger partial charge < -0.3 is 20.5 Å². The molecule has 2 aromatic carbocycles. The first kappa shape index (κ1) is 22.7. The highest BCUT2D eigenvalue weighted by molar-refractivity contribution is 7.89. The maximum Gasteiger partial charge on any atom is 0.258 e. The minimum Gasteiger partial charge on any atom is -0.483 e. The molecule has 2 amide bonds. The summed E-state index contributed by atoms with van der Waals surface area (Å²) in [4.78, 5) is 23.8. The van der Waals surface area contributed by atoms with E-state index in [4.69, 9.17) is 15.2 Å². The van der Waals surface area contributed by atoms with Crippen LogP contribution in [0.5, 0.6) is 5.75 Å². The van der Waals surface area contributed by atoms with Crippen LogP contribution in [-0.4, -0.2) is 57.4 Å². The van der Waals surface area contributed by atoms with Crippen LogP contribution in [0.4, 0.5) is 0 Å². The van der Waals surface area contributed by atoms with Crippen molar-refractivity contribution < 1.29 is 27.5 Å². The largest absolute Gasteiger partial charge is 0.483 e. The molecule has 10 heteroatoms. The third-order valence-electron chi connectivity index (χ3n) is 4.78. The lowest BCUT2D eigenvalue weighted by Crippen LogP contribution is -2.40. The fourth-order valence-electron chi connectivity index (χ4n) is 3.06. The van der Waals surface area contributed by atoms with Gasteiger partial charge in [-0.25, -0.2) is 8.42 Å². The number of amides is 2. The molecule has 0 atom stereocenters. The van der Waals surface area contributed by atoms with Crippen molar-refractivity contribution >= 4 is 21.8 Å². The van der Waals surface area contributed by atoms with E-state index in [1.807, 2.05) is 6.92 Å². The van der Waals surface area contributed by atoms with E-state index in [0.717, 1.165) is 11.1 Å². The van der Waals surface area contributed by atoms with Gasteiger partial charge in [0.15, 0.2) is 6.61 Å². The lowest BCUT2D eigenvalue weighted by molar-refractivity contribution is -0.123. The smallest absolute Gasteiger partial charge is 0.258 e. The Balaban J connectivity index is 1.54. The molecule has 0 radical (unpaired) electrons. The Morgan fingerprint density at radius 1 is 1.13 bits per heavy atom. The van der Waals surface area contributed by atoms with Crippen LogP contribution in [0.1, 0.15) is 21.5 Å². The average Bonchev–Trinajstić information content (AvgIpc) is 2.77. The summed E-state index contributed by atoms with van der Waals surface area (Å²) in [5.74, 6) is -0.773.